The fraction of sp³-hybridized carbons (Fsp3) is 0.269. The van der Waals surface area contributed by atoms with Gasteiger partial charge >= 0.3 is 0 Å². The number of hydrogen-bond acceptors (Lipinski definition) is 6. The lowest BCUT2D eigenvalue weighted by molar-refractivity contribution is 0.0342. The molecule has 7 heteroatoms. The number of fused-ring (bicyclic) bond motifs is 1. The molecule has 1 aliphatic heterocycles. The standard InChI is InChI=1S/C26H26N4O3/c1-17-6-8-20(9-7-17)23-15-22(24-18(2)29-33-26(24)28-23)25(31)27-21-5-3-4-19(14-21)16-30-10-12-32-13-11-30/h3-9,14-15H,10-13,16H2,1-2H3,(H,27,31). The molecule has 33 heavy (non-hydrogen) atoms. The zero-order valence-corrected chi connectivity index (χ0v) is 18.8. The normalized spacial score (nSPS) is 14.5. The van der Waals surface area contributed by atoms with E-state index >= 15 is 0 Å². The Morgan fingerprint density at radius 2 is 1.85 bits per heavy atom. The van der Waals surface area contributed by atoms with Crippen molar-refractivity contribution >= 4 is 22.7 Å². The molecule has 0 unspecified atom stereocenters. The van der Waals surface area contributed by atoms with E-state index in [1.54, 1.807) is 0 Å². The molecule has 0 radical (unpaired) electrons. The van der Waals surface area contributed by atoms with E-state index in [4.69, 9.17) is 9.26 Å². The van der Waals surface area contributed by atoms with Gasteiger partial charge in [-0.05, 0) is 37.6 Å². The quantitative estimate of drug-likeness (QED) is 0.487. The molecule has 3 heterocycles. The Morgan fingerprint density at radius 3 is 2.64 bits per heavy atom. The number of benzene rings is 2. The van der Waals surface area contributed by atoms with E-state index in [1.165, 1.54) is 0 Å². The summed E-state index contributed by atoms with van der Waals surface area (Å²) in [5.74, 6) is -0.217. The molecule has 1 amide bonds. The van der Waals surface area contributed by atoms with Crippen molar-refractivity contribution in [2.24, 2.45) is 0 Å². The molecule has 0 spiro atoms. The van der Waals surface area contributed by atoms with Gasteiger partial charge in [-0.3, -0.25) is 9.69 Å². The summed E-state index contributed by atoms with van der Waals surface area (Å²) in [5.41, 5.74) is 6.13. The molecule has 4 aromatic rings. The summed E-state index contributed by atoms with van der Waals surface area (Å²) in [6.07, 6.45) is 0. The van der Waals surface area contributed by atoms with Crippen LogP contribution >= 0.6 is 0 Å². The maximum Gasteiger partial charge on any atom is 0.259 e. The number of ether oxygens (including phenoxy) is 1. The number of rotatable bonds is 5. The van der Waals surface area contributed by atoms with Gasteiger partial charge < -0.3 is 14.6 Å². The van der Waals surface area contributed by atoms with Crippen LogP contribution in [-0.4, -0.2) is 47.3 Å². The van der Waals surface area contributed by atoms with Crippen molar-refractivity contribution < 1.29 is 14.1 Å². The van der Waals surface area contributed by atoms with Crippen molar-refractivity contribution in [1.29, 1.82) is 0 Å². The first-order valence-electron chi connectivity index (χ1n) is 11.1. The first-order chi connectivity index (χ1) is 16.1. The molecule has 0 saturated carbocycles. The Bertz CT molecular complexity index is 1290. The SMILES string of the molecule is Cc1ccc(-c2cc(C(=O)Nc3cccc(CN4CCOCC4)c3)c3c(C)noc3n2)cc1. The predicted molar refractivity (Wildman–Crippen MR) is 127 cm³/mol. The molecule has 7 nitrogen and oxygen atoms in total. The molecule has 168 valence electrons. The molecule has 2 aromatic carbocycles. The Morgan fingerprint density at radius 1 is 1.06 bits per heavy atom. The van der Waals surface area contributed by atoms with E-state index in [0.717, 1.165) is 55.2 Å². The van der Waals surface area contributed by atoms with Crippen molar-refractivity contribution in [2.75, 3.05) is 31.6 Å². The van der Waals surface area contributed by atoms with E-state index in [2.05, 4.69) is 26.4 Å². The molecule has 1 N–H and O–H groups in total. The van der Waals surface area contributed by atoms with Crippen LogP contribution in [0.2, 0.25) is 0 Å². The third kappa shape index (κ3) is 4.65. The highest BCUT2D eigenvalue weighted by Gasteiger charge is 2.20. The lowest BCUT2D eigenvalue weighted by Gasteiger charge is -2.26. The number of pyridine rings is 1. The number of hydrogen-bond donors (Lipinski definition) is 1. The minimum atomic E-state index is -0.217. The maximum absolute atomic E-state index is 13.4. The van der Waals surface area contributed by atoms with Crippen LogP contribution in [0, 0.1) is 13.8 Å². The number of carbonyl (C=O) groups is 1. The van der Waals surface area contributed by atoms with Gasteiger partial charge in [0.1, 0.15) is 0 Å². The first-order valence-corrected chi connectivity index (χ1v) is 11.1. The number of morpholine rings is 1. The van der Waals surface area contributed by atoms with Crippen LogP contribution in [0.3, 0.4) is 0 Å². The summed E-state index contributed by atoms with van der Waals surface area (Å²) in [7, 11) is 0. The summed E-state index contributed by atoms with van der Waals surface area (Å²) in [5, 5.41) is 7.73. The van der Waals surface area contributed by atoms with Crippen LogP contribution in [0.4, 0.5) is 5.69 Å². The second-order valence-electron chi connectivity index (χ2n) is 8.41. The molecule has 0 atom stereocenters. The van der Waals surface area contributed by atoms with Crippen molar-refractivity contribution in [2.45, 2.75) is 20.4 Å². The van der Waals surface area contributed by atoms with E-state index in [0.29, 0.717) is 28.1 Å². The smallest absolute Gasteiger partial charge is 0.259 e. The fourth-order valence-corrected chi connectivity index (χ4v) is 4.11. The zero-order valence-electron chi connectivity index (χ0n) is 18.8. The van der Waals surface area contributed by atoms with E-state index < -0.39 is 0 Å². The molecule has 0 bridgehead atoms. The van der Waals surface area contributed by atoms with Gasteiger partial charge in [0.05, 0.1) is 35.6 Å². The topological polar surface area (TPSA) is 80.5 Å². The molecule has 5 rings (SSSR count). The van der Waals surface area contributed by atoms with E-state index in [-0.39, 0.29) is 5.91 Å². The van der Waals surface area contributed by atoms with Crippen LogP contribution in [0.1, 0.15) is 27.2 Å². The second-order valence-corrected chi connectivity index (χ2v) is 8.41. The number of aromatic nitrogens is 2. The van der Waals surface area contributed by atoms with Gasteiger partial charge in [0, 0.05) is 30.9 Å². The highest BCUT2D eigenvalue weighted by Crippen LogP contribution is 2.28. The Hall–Kier alpha value is -3.55. The minimum Gasteiger partial charge on any atom is -0.379 e. The van der Waals surface area contributed by atoms with Gasteiger partial charge in [-0.15, -0.1) is 0 Å². The third-order valence-electron chi connectivity index (χ3n) is 5.90. The summed E-state index contributed by atoms with van der Waals surface area (Å²) in [4.78, 5) is 20.3. The predicted octanol–water partition coefficient (Wildman–Crippen LogP) is 4.59. The van der Waals surface area contributed by atoms with Crippen molar-refractivity contribution in [3.05, 3.63) is 77.0 Å². The van der Waals surface area contributed by atoms with Gasteiger partial charge in [0.15, 0.2) is 0 Å². The van der Waals surface area contributed by atoms with Crippen LogP contribution in [-0.2, 0) is 11.3 Å². The van der Waals surface area contributed by atoms with Gasteiger partial charge in [-0.25, -0.2) is 4.98 Å². The average Bonchev–Trinajstić information content (AvgIpc) is 3.20. The number of carbonyl (C=O) groups excluding carboxylic acids is 1. The van der Waals surface area contributed by atoms with Gasteiger partial charge in [0.2, 0.25) is 0 Å². The van der Waals surface area contributed by atoms with Crippen LogP contribution in [0.15, 0.2) is 59.1 Å². The van der Waals surface area contributed by atoms with Gasteiger partial charge in [-0.1, -0.05) is 47.1 Å². The largest absolute Gasteiger partial charge is 0.379 e. The van der Waals surface area contributed by atoms with Crippen LogP contribution in [0.5, 0.6) is 0 Å². The minimum absolute atomic E-state index is 0.217. The molecular formula is C26H26N4O3. The monoisotopic (exact) mass is 442 g/mol. The Kier molecular flexibility index (Phi) is 5.90. The number of nitrogens with one attached hydrogen (secondary N) is 1. The van der Waals surface area contributed by atoms with Crippen molar-refractivity contribution in [1.82, 2.24) is 15.0 Å². The molecular weight excluding hydrogens is 416 g/mol. The second kappa shape index (κ2) is 9.13. The van der Waals surface area contributed by atoms with E-state index in [9.17, 15) is 4.79 Å². The molecule has 1 fully saturated rings. The van der Waals surface area contributed by atoms with Crippen LogP contribution in [0.25, 0.3) is 22.4 Å². The molecule has 1 saturated heterocycles. The summed E-state index contributed by atoms with van der Waals surface area (Å²) < 4.78 is 10.9. The Labute approximate surface area is 192 Å². The molecule has 1 aliphatic rings. The third-order valence-corrected chi connectivity index (χ3v) is 5.90. The maximum atomic E-state index is 13.4. The van der Waals surface area contributed by atoms with E-state index in [1.807, 2.05) is 62.4 Å². The van der Waals surface area contributed by atoms with Gasteiger partial charge in [-0.2, -0.15) is 0 Å². The Balaban J connectivity index is 1.44. The lowest BCUT2D eigenvalue weighted by Crippen LogP contribution is -2.35. The summed E-state index contributed by atoms with van der Waals surface area (Å²) in [6.45, 7) is 8.03. The number of anilines is 1. The van der Waals surface area contributed by atoms with Crippen molar-refractivity contribution in [3.63, 3.8) is 0 Å². The van der Waals surface area contributed by atoms with Gasteiger partial charge in [0.25, 0.3) is 11.6 Å². The molecule has 0 aliphatic carbocycles. The first kappa shape index (κ1) is 21.3. The van der Waals surface area contributed by atoms with Crippen molar-refractivity contribution in [3.8, 4) is 11.3 Å². The molecule has 2 aromatic heterocycles. The number of nitrogens with zero attached hydrogens (tertiary/aromatic N) is 3. The number of aryl methyl sites for hydroxylation is 2. The lowest BCUT2D eigenvalue weighted by atomic mass is 10.0. The average molecular weight is 443 g/mol. The number of amides is 1. The van der Waals surface area contributed by atoms with Crippen LogP contribution < -0.4 is 5.32 Å². The highest BCUT2D eigenvalue weighted by molar-refractivity contribution is 6.13. The summed E-state index contributed by atoms with van der Waals surface area (Å²) >= 11 is 0. The highest BCUT2D eigenvalue weighted by atomic mass is 16.5. The zero-order chi connectivity index (χ0) is 22.8. The fourth-order valence-electron chi connectivity index (χ4n) is 4.11. The summed E-state index contributed by atoms with van der Waals surface area (Å²) in [6, 6.07) is 17.8.